The smallest absolute Gasteiger partial charge is 0.135 e. The van der Waals surface area contributed by atoms with Crippen LogP contribution in [0.3, 0.4) is 0 Å². The van der Waals surface area contributed by atoms with E-state index >= 15 is 0 Å². The van der Waals surface area contributed by atoms with Crippen LogP contribution in [0.15, 0.2) is 76.1 Å². The minimum atomic E-state index is 0. The average Bonchev–Trinajstić information content (AvgIpc) is 3.31. The fourth-order valence-electron chi connectivity index (χ4n) is 3.32. The molecule has 0 saturated heterocycles. The van der Waals surface area contributed by atoms with E-state index in [-0.39, 0.29) is 12.4 Å². The summed E-state index contributed by atoms with van der Waals surface area (Å²) in [6.45, 7) is 1.78. The van der Waals surface area contributed by atoms with E-state index in [2.05, 4.69) is 71.0 Å². The Morgan fingerprint density at radius 3 is 2.44 bits per heavy atom. The first-order chi connectivity index (χ1) is 11.9. The summed E-state index contributed by atoms with van der Waals surface area (Å²) in [5.74, 6) is 1.88. The molecule has 0 unspecified atom stereocenters. The van der Waals surface area contributed by atoms with Crippen molar-refractivity contribution in [2.45, 2.75) is 0 Å². The van der Waals surface area contributed by atoms with Gasteiger partial charge in [0.25, 0.3) is 0 Å². The Bertz CT molecular complexity index is 1080. The number of furan rings is 1. The second-order valence-electron chi connectivity index (χ2n) is 6.04. The number of aliphatic imine (C=N–C) groups is 1. The molecular weight excluding hydrogens is 332 g/mol. The SMILES string of the molecule is Cl.c1ccc2c(c1)ccc1oc(-c3ccc(C4=NCCN4)cc3)cc12. The van der Waals surface area contributed by atoms with Crippen molar-refractivity contribution in [2.75, 3.05) is 13.1 Å². The van der Waals surface area contributed by atoms with E-state index in [1.165, 1.54) is 10.8 Å². The standard InChI is InChI=1S/C21H16N2O.ClH/c1-2-4-17-14(3-1)9-10-19-18(17)13-20(24-19)15-5-7-16(8-6-15)21-22-11-12-23-21;/h1-10,13H,11-12H2,(H,22,23);1H. The summed E-state index contributed by atoms with van der Waals surface area (Å²) in [7, 11) is 0. The van der Waals surface area contributed by atoms with Gasteiger partial charge in [0.05, 0.1) is 6.54 Å². The lowest BCUT2D eigenvalue weighted by atomic mass is 10.1. The lowest BCUT2D eigenvalue weighted by Gasteiger charge is -2.03. The third-order valence-electron chi connectivity index (χ3n) is 4.54. The molecule has 124 valence electrons. The van der Waals surface area contributed by atoms with Crippen LogP contribution < -0.4 is 5.32 Å². The van der Waals surface area contributed by atoms with Crippen molar-refractivity contribution in [3.8, 4) is 11.3 Å². The zero-order valence-electron chi connectivity index (χ0n) is 13.5. The number of fused-ring (bicyclic) bond motifs is 3. The van der Waals surface area contributed by atoms with E-state index in [0.717, 1.165) is 46.8 Å². The Balaban J connectivity index is 0.00000157. The van der Waals surface area contributed by atoms with Gasteiger partial charge in [-0.1, -0.05) is 54.6 Å². The van der Waals surface area contributed by atoms with Crippen LogP contribution >= 0.6 is 12.4 Å². The van der Waals surface area contributed by atoms with E-state index in [1.54, 1.807) is 0 Å². The lowest BCUT2D eigenvalue weighted by molar-refractivity contribution is 0.632. The zero-order chi connectivity index (χ0) is 15.9. The number of amidine groups is 1. The van der Waals surface area contributed by atoms with Gasteiger partial charge in [-0.05, 0) is 22.9 Å². The third-order valence-corrected chi connectivity index (χ3v) is 4.54. The fraction of sp³-hybridized carbons (Fsp3) is 0.0952. The molecule has 1 aromatic heterocycles. The van der Waals surface area contributed by atoms with Gasteiger partial charge in [-0.15, -0.1) is 12.4 Å². The van der Waals surface area contributed by atoms with Crippen molar-refractivity contribution >= 4 is 40.0 Å². The van der Waals surface area contributed by atoms with Crippen molar-refractivity contribution in [3.05, 3.63) is 72.3 Å². The third kappa shape index (κ3) is 2.67. The van der Waals surface area contributed by atoms with E-state index in [0.29, 0.717) is 0 Å². The molecule has 3 aromatic carbocycles. The molecular formula is C21H17ClN2O. The highest BCUT2D eigenvalue weighted by atomic mass is 35.5. The monoisotopic (exact) mass is 348 g/mol. The predicted octanol–water partition coefficient (Wildman–Crippen LogP) is 5.02. The normalized spacial score (nSPS) is 13.5. The first kappa shape index (κ1) is 15.7. The molecule has 3 nitrogen and oxygen atoms in total. The van der Waals surface area contributed by atoms with Crippen LogP contribution in [0.2, 0.25) is 0 Å². The zero-order valence-corrected chi connectivity index (χ0v) is 14.3. The summed E-state index contributed by atoms with van der Waals surface area (Å²) in [5.41, 5.74) is 3.13. The second-order valence-corrected chi connectivity index (χ2v) is 6.04. The minimum Gasteiger partial charge on any atom is -0.456 e. The Morgan fingerprint density at radius 2 is 1.64 bits per heavy atom. The quantitative estimate of drug-likeness (QED) is 0.552. The summed E-state index contributed by atoms with van der Waals surface area (Å²) in [6, 6.07) is 23.1. The van der Waals surface area contributed by atoms with Gasteiger partial charge in [0, 0.05) is 23.1 Å². The molecule has 5 rings (SSSR count). The molecule has 0 saturated carbocycles. The van der Waals surface area contributed by atoms with E-state index in [9.17, 15) is 0 Å². The molecule has 1 aliphatic heterocycles. The van der Waals surface area contributed by atoms with Gasteiger partial charge in [0.15, 0.2) is 0 Å². The molecule has 1 aliphatic rings. The number of nitrogens with zero attached hydrogens (tertiary/aromatic N) is 1. The fourth-order valence-corrected chi connectivity index (χ4v) is 3.32. The van der Waals surface area contributed by atoms with Crippen molar-refractivity contribution in [1.82, 2.24) is 5.32 Å². The van der Waals surface area contributed by atoms with Crippen LogP contribution in [-0.4, -0.2) is 18.9 Å². The van der Waals surface area contributed by atoms with Crippen molar-refractivity contribution in [1.29, 1.82) is 0 Å². The van der Waals surface area contributed by atoms with Crippen LogP contribution in [0.5, 0.6) is 0 Å². The van der Waals surface area contributed by atoms with Gasteiger partial charge in [0.1, 0.15) is 17.2 Å². The van der Waals surface area contributed by atoms with Gasteiger partial charge in [-0.3, -0.25) is 4.99 Å². The summed E-state index contributed by atoms with van der Waals surface area (Å²) in [6.07, 6.45) is 0. The maximum Gasteiger partial charge on any atom is 0.135 e. The molecule has 25 heavy (non-hydrogen) atoms. The van der Waals surface area contributed by atoms with Crippen LogP contribution in [0.1, 0.15) is 5.56 Å². The molecule has 0 bridgehead atoms. The van der Waals surface area contributed by atoms with E-state index in [1.807, 2.05) is 6.07 Å². The molecule has 4 aromatic rings. The Morgan fingerprint density at radius 1 is 0.840 bits per heavy atom. The second kappa shape index (κ2) is 6.26. The molecule has 0 spiro atoms. The maximum absolute atomic E-state index is 6.08. The highest BCUT2D eigenvalue weighted by Crippen LogP contribution is 2.32. The van der Waals surface area contributed by atoms with Crippen molar-refractivity contribution in [2.24, 2.45) is 4.99 Å². The number of hydrogen-bond acceptors (Lipinski definition) is 3. The van der Waals surface area contributed by atoms with Crippen LogP contribution in [0.25, 0.3) is 33.1 Å². The van der Waals surface area contributed by atoms with E-state index < -0.39 is 0 Å². The molecule has 0 fully saturated rings. The van der Waals surface area contributed by atoms with Gasteiger partial charge >= 0.3 is 0 Å². The minimum absolute atomic E-state index is 0. The van der Waals surface area contributed by atoms with Gasteiger partial charge in [-0.2, -0.15) is 0 Å². The highest BCUT2D eigenvalue weighted by Gasteiger charge is 2.11. The molecule has 0 radical (unpaired) electrons. The Hall–Kier alpha value is -2.78. The molecule has 4 heteroatoms. The Kier molecular flexibility index (Phi) is 3.94. The number of benzene rings is 3. The lowest BCUT2D eigenvalue weighted by Crippen LogP contribution is -2.19. The summed E-state index contributed by atoms with van der Waals surface area (Å²) in [5, 5.41) is 6.92. The predicted molar refractivity (Wildman–Crippen MR) is 106 cm³/mol. The highest BCUT2D eigenvalue weighted by molar-refractivity contribution is 6.07. The van der Waals surface area contributed by atoms with Crippen molar-refractivity contribution < 1.29 is 4.42 Å². The number of nitrogens with one attached hydrogen (secondary N) is 1. The largest absolute Gasteiger partial charge is 0.456 e. The van der Waals surface area contributed by atoms with Crippen molar-refractivity contribution in [3.63, 3.8) is 0 Å². The maximum atomic E-state index is 6.08. The van der Waals surface area contributed by atoms with Gasteiger partial charge in [-0.25, -0.2) is 0 Å². The topological polar surface area (TPSA) is 37.5 Å². The first-order valence-electron chi connectivity index (χ1n) is 8.19. The molecule has 2 heterocycles. The Labute approximate surface area is 151 Å². The van der Waals surface area contributed by atoms with Gasteiger partial charge < -0.3 is 9.73 Å². The number of hydrogen-bond donors (Lipinski definition) is 1. The molecule has 0 aliphatic carbocycles. The van der Waals surface area contributed by atoms with Crippen LogP contribution in [-0.2, 0) is 0 Å². The summed E-state index contributed by atoms with van der Waals surface area (Å²) in [4.78, 5) is 4.46. The molecule has 0 atom stereocenters. The summed E-state index contributed by atoms with van der Waals surface area (Å²) < 4.78 is 6.08. The van der Waals surface area contributed by atoms with Gasteiger partial charge in [0.2, 0.25) is 0 Å². The summed E-state index contributed by atoms with van der Waals surface area (Å²) >= 11 is 0. The average molecular weight is 349 g/mol. The van der Waals surface area contributed by atoms with Crippen LogP contribution in [0, 0.1) is 0 Å². The number of rotatable bonds is 2. The molecule has 0 amide bonds. The first-order valence-corrected chi connectivity index (χ1v) is 8.19. The molecule has 1 N–H and O–H groups in total. The van der Waals surface area contributed by atoms with E-state index in [4.69, 9.17) is 4.42 Å². The van der Waals surface area contributed by atoms with Crippen LogP contribution in [0.4, 0.5) is 0 Å². The number of halogens is 1.